The molecule has 6 aromatic rings. The number of aromatic nitrogens is 3. The largest absolute Gasteiger partial charge is 0.487 e. The number of H-pyrrole nitrogens is 1. The number of fused-ring (bicyclic) bond motifs is 4. The van der Waals surface area contributed by atoms with Gasteiger partial charge in [-0.05, 0) is 54.3 Å². The molecule has 5 heteroatoms. The molecule has 0 amide bonds. The van der Waals surface area contributed by atoms with Gasteiger partial charge in [0.2, 0.25) is 0 Å². The summed E-state index contributed by atoms with van der Waals surface area (Å²) < 4.78 is 6.17. The third kappa shape index (κ3) is 3.49. The second-order valence-corrected chi connectivity index (χ2v) is 8.55. The van der Waals surface area contributed by atoms with Gasteiger partial charge in [-0.2, -0.15) is 0 Å². The van der Waals surface area contributed by atoms with Crippen molar-refractivity contribution in [1.82, 2.24) is 15.0 Å². The van der Waals surface area contributed by atoms with E-state index in [4.69, 9.17) is 16.3 Å². The summed E-state index contributed by atoms with van der Waals surface area (Å²) in [6.07, 6.45) is 3.66. The highest BCUT2D eigenvalue weighted by molar-refractivity contribution is 6.32. The fourth-order valence-electron chi connectivity index (χ4n) is 4.46. The summed E-state index contributed by atoms with van der Waals surface area (Å²) in [6, 6.07) is 24.4. The molecule has 0 aliphatic heterocycles. The molecule has 160 valence electrons. The van der Waals surface area contributed by atoms with Gasteiger partial charge in [-0.25, -0.2) is 0 Å². The van der Waals surface area contributed by atoms with E-state index in [1.54, 1.807) is 0 Å². The quantitative estimate of drug-likeness (QED) is 0.303. The second kappa shape index (κ2) is 7.91. The van der Waals surface area contributed by atoms with Gasteiger partial charge in [-0.3, -0.25) is 9.97 Å². The lowest BCUT2D eigenvalue weighted by Gasteiger charge is -2.11. The number of aryl methyl sites for hydroxylation is 1. The normalized spacial score (nSPS) is 11.5. The Hall–Kier alpha value is -3.89. The molecule has 0 radical (unpaired) electrons. The Balaban J connectivity index is 1.39. The molecular weight excluding hydrogens is 430 g/mol. The van der Waals surface area contributed by atoms with Crippen molar-refractivity contribution in [2.45, 2.75) is 13.5 Å². The van der Waals surface area contributed by atoms with Gasteiger partial charge in [0, 0.05) is 39.1 Å². The molecule has 0 saturated heterocycles. The standard InChI is InChI=1S/C28H20ClN3O/c1-17-27-23(10-12-30-17)25-15-20(29)14-24(28(25)32-27)19-6-4-7-21(13-19)33-16-26-22-8-3-2-5-18(22)9-11-31-26/h2-15,32H,16H2,1H3. The minimum absolute atomic E-state index is 0.396. The van der Waals surface area contributed by atoms with Crippen molar-refractivity contribution >= 4 is 44.2 Å². The monoisotopic (exact) mass is 449 g/mol. The number of nitrogens with zero attached hydrogens (tertiary/aromatic N) is 2. The van der Waals surface area contributed by atoms with Crippen LogP contribution in [-0.2, 0) is 6.61 Å². The van der Waals surface area contributed by atoms with Crippen molar-refractivity contribution in [3.63, 3.8) is 0 Å². The molecule has 3 heterocycles. The number of hydrogen-bond donors (Lipinski definition) is 1. The van der Waals surface area contributed by atoms with Gasteiger partial charge in [0.25, 0.3) is 0 Å². The van der Waals surface area contributed by atoms with Crippen LogP contribution in [-0.4, -0.2) is 15.0 Å². The molecule has 0 aliphatic carbocycles. The second-order valence-electron chi connectivity index (χ2n) is 8.12. The Kier molecular flexibility index (Phi) is 4.74. The van der Waals surface area contributed by atoms with Gasteiger partial charge in [-0.15, -0.1) is 0 Å². The van der Waals surface area contributed by atoms with Crippen molar-refractivity contribution in [2.75, 3.05) is 0 Å². The van der Waals surface area contributed by atoms with Crippen molar-refractivity contribution in [2.24, 2.45) is 0 Å². The first kappa shape index (κ1) is 19.8. The summed E-state index contributed by atoms with van der Waals surface area (Å²) in [4.78, 5) is 12.5. The summed E-state index contributed by atoms with van der Waals surface area (Å²) in [5.41, 5.74) is 6.02. The number of hydrogen-bond acceptors (Lipinski definition) is 3. The molecule has 0 atom stereocenters. The zero-order chi connectivity index (χ0) is 22.4. The highest BCUT2D eigenvalue weighted by Gasteiger charge is 2.14. The molecule has 0 spiro atoms. The first-order valence-corrected chi connectivity index (χ1v) is 11.2. The SMILES string of the molecule is Cc1nccc2c1[nH]c1c(-c3cccc(OCc4nccc5ccccc45)c3)cc(Cl)cc12. The maximum atomic E-state index is 6.54. The van der Waals surface area contributed by atoms with E-state index < -0.39 is 0 Å². The maximum Gasteiger partial charge on any atom is 0.131 e. The van der Waals surface area contributed by atoms with Crippen molar-refractivity contribution in [3.05, 3.63) is 102 Å². The lowest BCUT2D eigenvalue weighted by molar-refractivity contribution is 0.303. The number of halogens is 1. The first-order valence-electron chi connectivity index (χ1n) is 10.8. The molecular formula is C28H20ClN3O. The summed E-state index contributed by atoms with van der Waals surface area (Å²) in [5, 5.41) is 5.17. The van der Waals surface area contributed by atoms with Crippen molar-refractivity contribution in [3.8, 4) is 16.9 Å². The zero-order valence-electron chi connectivity index (χ0n) is 18.0. The zero-order valence-corrected chi connectivity index (χ0v) is 18.7. The number of pyridine rings is 2. The van der Waals surface area contributed by atoms with Gasteiger partial charge >= 0.3 is 0 Å². The van der Waals surface area contributed by atoms with Crippen LogP contribution in [0.4, 0.5) is 0 Å². The van der Waals surface area contributed by atoms with E-state index in [9.17, 15) is 0 Å². The Morgan fingerprint density at radius 1 is 0.818 bits per heavy atom. The van der Waals surface area contributed by atoms with Crippen LogP contribution in [0.15, 0.2) is 85.2 Å². The van der Waals surface area contributed by atoms with Gasteiger partial charge in [-0.1, -0.05) is 48.0 Å². The van der Waals surface area contributed by atoms with Gasteiger partial charge < -0.3 is 9.72 Å². The van der Waals surface area contributed by atoms with Crippen LogP contribution in [0.1, 0.15) is 11.4 Å². The van der Waals surface area contributed by atoms with Crippen molar-refractivity contribution < 1.29 is 4.74 Å². The topological polar surface area (TPSA) is 50.8 Å². The van der Waals surface area contributed by atoms with E-state index in [0.29, 0.717) is 11.6 Å². The summed E-state index contributed by atoms with van der Waals surface area (Å²) in [7, 11) is 0. The molecule has 0 bridgehead atoms. The molecule has 6 rings (SSSR count). The fraction of sp³-hybridized carbons (Fsp3) is 0.0714. The first-order chi connectivity index (χ1) is 16.2. The van der Waals surface area contributed by atoms with Crippen LogP contribution in [0.3, 0.4) is 0 Å². The van der Waals surface area contributed by atoms with E-state index in [2.05, 4.69) is 33.2 Å². The predicted octanol–water partition coefficient (Wildman–Crippen LogP) is 7.47. The number of nitrogens with one attached hydrogen (secondary N) is 1. The number of aromatic amines is 1. The molecule has 0 fully saturated rings. The molecule has 0 unspecified atom stereocenters. The Morgan fingerprint density at radius 2 is 1.70 bits per heavy atom. The van der Waals surface area contributed by atoms with E-state index in [-0.39, 0.29) is 0 Å². The van der Waals surface area contributed by atoms with Crippen LogP contribution in [0, 0.1) is 6.92 Å². The lowest BCUT2D eigenvalue weighted by atomic mass is 10.0. The van der Waals surface area contributed by atoms with Crippen LogP contribution in [0.25, 0.3) is 43.7 Å². The molecule has 4 nitrogen and oxygen atoms in total. The molecule has 33 heavy (non-hydrogen) atoms. The average molecular weight is 450 g/mol. The molecule has 1 N–H and O–H groups in total. The Bertz CT molecular complexity index is 1650. The van der Waals surface area contributed by atoms with Gasteiger partial charge in [0.05, 0.1) is 22.4 Å². The van der Waals surface area contributed by atoms with Crippen molar-refractivity contribution in [1.29, 1.82) is 0 Å². The lowest BCUT2D eigenvalue weighted by Crippen LogP contribution is -1.99. The summed E-state index contributed by atoms with van der Waals surface area (Å²) in [5.74, 6) is 0.782. The molecule has 0 aliphatic rings. The predicted molar refractivity (Wildman–Crippen MR) is 135 cm³/mol. The number of benzene rings is 3. The smallest absolute Gasteiger partial charge is 0.131 e. The van der Waals surface area contributed by atoms with E-state index in [1.165, 1.54) is 0 Å². The fourth-order valence-corrected chi connectivity index (χ4v) is 4.68. The highest BCUT2D eigenvalue weighted by Crippen LogP contribution is 2.37. The number of ether oxygens (including phenoxy) is 1. The number of rotatable bonds is 4. The third-order valence-corrected chi connectivity index (χ3v) is 6.28. The van der Waals surface area contributed by atoms with Crippen LogP contribution in [0.5, 0.6) is 5.75 Å². The molecule has 3 aromatic heterocycles. The van der Waals surface area contributed by atoms with Gasteiger partial charge in [0.15, 0.2) is 0 Å². The maximum absolute atomic E-state index is 6.54. The van der Waals surface area contributed by atoms with E-state index in [0.717, 1.165) is 60.8 Å². The Morgan fingerprint density at radius 3 is 2.64 bits per heavy atom. The summed E-state index contributed by atoms with van der Waals surface area (Å²) in [6.45, 7) is 2.40. The van der Waals surface area contributed by atoms with Crippen LogP contribution < -0.4 is 4.74 Å². The van der Waals surface area contributed by atoms with Crippen LogP contribution in [0.2, 0.25) is 5.02 Å². The average Bonchev–Trinajstić information content (AvgIpc) is 3.22. The molecule has 0 saturated carbocycles. The molecule has 3 aromatic carbocycles. The minimum Gasteiger partial charge on any atom is -0.487 e. The summed E-state index contributed by atoms with van der Waals surface area (Å²) >= 11 is 6.54. The van der Waals surface area contributed by atoms with Gasteiger partial charge in [0.1, 0.15) is 12.4 Å². The Labute approximate surface area is 195 Å². The minimum atomic E-state index is 0.396. The van der Waals surface area contributed by atoms with E-state index >= 15 is 0 Å². The highest BCUT2D eigenvalue weighted by atomic mass is 35.5. The van der Waals surface area contributed by atoms with Crippen LogP contribution >= 0.6 is 11.6 Å². The third-order valence-electron chi connectivity index (χ3n) is 6.06. The van der Waals surface area contributed by atoms with E-state index in [1.807, 2.05) is 73.9 Å².